The molecule has 1 aliphatic heterocycles. The molecule has 2 heterocycles. The van der Waals surface area contributed by atoms with Crippen LogP contribution < -0.4 is 0 Å². The summed E-state index contributed by atoms with van der Waals surface area (Å²) in [6, 6.07) is 1.72. The summed E-state index contributed by atoms with van der Waals surface area (Å²) in [7, 11) is 0. The van der Waals surface area contributed by atoms with Crippen LogP contribution in [0.15, 0.2) is 23.0 Å². The van der Waals surface area contributed by atoms with E-state index < -0.39 is 0 Å². The van der Waals surface area contributed by atoms with E-state index in [2.05, 4.69) is 11.8 Å². The molecule has 15 heavy (non-hydrogen) atoms. The van der Waals surface area contributed by atoms with Crippen molar-refractivity contribution < 1.29 is 9.21 Å². The Kier molecular flexibility index (Phi) is 3.06. The summed E-state index contributed by atoms with van der Waals surface area (Å²) in [4.78, 5) is 16.1. The van der Waals surface area contributed by atoms with Crippen molar-refractivity contribution in [3.63, 3.8) is 0 Å². The number of rotatable bonds is 2. The van der Waals surface area contributed by atoms with Crippen molar-refractivity contribution in [3.8, 4) is 0 Å². The van der Waals surface area contributed by atoms with Crippen LogP contribution in [0.5, 0.6) is 0 Å². The maximum absolute atomic E-state index is 11.9. The van der Waals surface area contributed by atoms with Gasteiger partial charge in [-0.15, -0.1) is 0 Å². The van der Waals surface area contributed by atoms with Crippen LogP contribution in [0.3, 0.4) is 0 Å². The Morgan fingerprint density at radius 1 is 1.40 bits per heavy atom. The van der Waals surface area contributed by atoms with Crippen molar-refractivity contribution in [3.05, 3.63) is 24.2 Å². The molecule has 0 bridgehead atoms. The van der Waals surface area contributed by atoms with Crippen molar-refractivity contribution in [1.82, 2.24) is 9.80 Å². The number of likely N-dealkylation sites (N-methyl/N-ethyl adjacent to an activating group) is 1. The summed E-state index contributed by atoms with van der Waals surface area (Å²) in [5.74, 6) is 0.0829. The smallest absolute Gasteiger partial charge is 0.257 e. The Balaban J connectivity index is 1.93. The molecule has 0 saturated carbocycles. The van der Waals surface area contributed by atoms with Gasteiger partial charge in [0, 0.05) is 26.2 Å². The fourth-order valence-corrected chi connectivity index (χ4v) is 1.84. The monoisotopic (exact) mass is 208 g/mol. The molecule has 4 heteroatoms. The van der Waals surface area contributed by atoms with E-state index in [0.717, 1.165) is 32.7 Å². The molecule has 0 aromatic carbocycles. The average Bonchev–Trinajstić information content (AvgIpc) is 2.82. The van der Waals surface area contributed by atoms with Gasteiger partial charge >= 0.3 is 0 Å². The molecule has 1 amide bonds. The fourth-order valence-electron chi connectivity index (χ4n) is 1.84. The van der Waals surface area contributed by atoms with Crippen molar-refractivity contribution in [2.45, 2.75) is 6.92 Å². The largest absolute Gasteiger partial charge is 0.472 e. The van der Waals surface area contributed by atoms with Crippen molar-refractivity contribution in [2.24, 2.45) is 0 Å². The number of piperazine rings is 1. The lowest BCUT2D eigenvalue weighted by Gasteiger charge is -2.33. The van der Waals surface area contributed by atoms with Gasteiger partial charge in [-0.05, 0) is 12.6 Å². The molecule has 0 spiro atoms. The van der Waals surface area contributed by atoms with E-state index in [1.165, 1.54) is 12.5 Å². The van der Waals surface area contributed by atoms with Gasteiger partial charge in [-0.2, -0.15) is 0 Å². The van der Waals surface area contributed by atoms with E-state index in [0.29, 0.717) is 5.56 Å². The highest BCUT2D eigenvalue weighted by Crippen LogP contribution is 2.08. The molecule has 1 aromatic rings. The minimum atomic E-state index is 0.0829. The number of nitrogens with zero attached hydrogens (tertiary/aromatic N) is 2. The molecule has 82 valence electrons. The first-order valence-corrected chi connectivity index (χ1v) is 5.35. The van der Waals surface area contributed by atoms with Gasteiger partial charge in [-0.1, -0.05) is 6.92 Å². The van der Waals surface area contributed by atoms with Crippen LogP contribution in [0.25, 0.3) is 0 Å². The summed E-state index contributed by atoms with van der Waals surface area (Å²) in [5.41, 5.74) is 0.653. The normalized spacial score (nSPS) is 18.1. The molecule has 1 aliphatic rings. The quantitative estimate of drug-likeness (QED) is 0.729. The van der Waals surface area contributed by atoms with Crippen LogP contribution in [0, 0.1) is 0 Å². The van der Waals surface area contributed by atoms with E-state index in [9.17, 15) is 4.79 Å². The molecular formula is C11H16N2O2. The molecule has 0 aliphatic carbocycles. The second-order valence-electron chi connectivity index (χ2n) is 3.74. The topological polar surface area (TPSA) is 36.7 Å². The van der Waals surface area contributed by atoms with Crippen LogP contribution in [0.2, 0.25) is 0 Å². The predicted molar refractivity (Wildman–Crippen MR) is 56.7 cm³/mol. The van der Waals surface area contributed by atoms with E-state index >= 15 is 0 Å². The molecule has 0 radical (unpaired) electrons. The second kappa shape index (κ2) is 4.49. The number of carbonyl (C=O) groups excluding carboxylic acids is 1. The Labute approximate surface area is 89.5 Å². The second-order valence-corrected chi connectivity index (χ2v) is 3.74. The number of carbonyl (C=O) groups is 1. The van der Waals surface area contributed by atoms with E-state index in [4.69, 9.17) is 4.42 Å². The molecule has 1 fully saturated rings. The highest BCUT2D eigenvalue weighted by Gasteiger charge is 2.21. The third-order valence-corrected chi connectivity index (χ3v) is 2.87. The Bertz CT molecular complexity index is 313. The summed E-state index contributed by atoms with van der Waals surface area (Å²) < 4.78 is 4.91. The highest BCUT2D eigenvalue weighted by molar-refractivity contribution is 5.93. The van der Waals surface area contributed by atoms with E-state index in [1.54, 1.807) is 6.07 Å². The van der Waals surface area contributed by atoms with Crippen molar-refractivity contribution in [2.75, 3.05) is 32.7 Å². The number of furan rings is 1. The summed E-state index contributed by atoms with van der Waals surface area (Å²) >= 11 is 0. The standard InChI is InChI=1S/C11H16N2O2/c1-2-12-4-6-13(7-5-12)11(14)10-3-8-15-9-10/h3,8-9H,2,4-7H2,1H3. The lowest BCUT2D eigenvalue weighted by atomic mass is 10.2. The summed E-state index contributed by atoms with van der Waals surface area (Å²) in [5, 5.41) is 0. The zero-order valence-corrected chi connectivity index (χ0v) is 8.98. The number of hydrogen-bond acceptors (Lipinski definition) is 3. The van der Waals surface area contributed by atoms with Gasteiger partial charge in [0.15, 0.2) is 0 Å². The maximum Gasteiger partial charge on any atom is 0.257 e. The SMILES string of the molecule is CCN1CCN(C(=O)c2ccoc2)CC1. The first-order valence-electron chi connectivity index (χ1n) is 5.35. The minimum absolute atomic E-state index is 0.0829. The molecular weight excluding hydrogens is 192 g/mol. The molecule has 1 aromatic heterocycles. The van der Waals surface area contributed by atoms with Crippen LogP contribution in [-0.4, -0.2) is 48.4 Å². The molecule has 1 saturated heterocycles. The van der Waals surface area contributed by atoms with Crippen LogP contribution >= 0.6 is 0 Å². The van der Waals surface area contributed by atoms with Gasteiger partial charge < -0.3 is 14.2 Å². The predicted octanol–water partition coefficient (Wildman–Crippen LogP) is 1.06. The summed E-state index contributed by atoms with van der Waals surface area (Å²) in [6.07, 6.45) is 3.05. The molecule has 0 unspecified atom stereocenters. The lowest BCUT2D eigenvalue weighted by molar-refractivity contribution is 0.0642. The van der Waals surface area contributed by atoms with E-state index in [1.807, 2.05) is 4.90 Å². The van der Waals surface area contributed by atoms with Crippen LogP contribution in [-0.2, 0) is 0 Å². The van der Waals surface area contributed by atoms with Gasteiger partial charge in [0.2, 0.25) is 0 Å². The first kappa shape index (κ1) is 10.2. The third kappa shape index (κ3) is 2.21. The van der Waals surface area contributed by atoms with E-state index in [-0.39, 0.29) is 5.91 Å². The molecule has 0 atom stereocenters. The van der Waals surface area contributed by atoms with Gasteiger partial charge in [-0.25, -0.2) is 0 Å². The third-order valence-electron chi connectivity index (χ3n) is 2.87. The Morgan fingerprint density at radius 2 is 2.13 bits per heavy atom. The zero-order chi connectivity index (χ0) is 10.7. The summed E-state index contributed by atoms with van der Waals surface area (Å²) in [6.45, 7) is 6.79. The Morgan fingerprint density at radius 3 is 2.67 bits per heavy atom. The van der Waals surface area contributed by atoms with Crippen LogP contribution in [0.1, 0.15) is 17.3 Å². The molecule has 4 nitrogen and oxygen atoms in total. The van der Waals surface area contributed by atoms with Gasteiger partial charge in [0.25, 0.3) is 5.91 Å². The van der Waals surface area contributed by atoms with Gasteiger partial charge in [-0.3, -0.25) is 4.79 Å². The Hall–Kier alpha value is -1.29. The number of hydrogen-bond donors (Lipinski definition) is 0. The van der Waals surface area contributed by atoms with Crippen LogP contribution in [0.4, 0.5) is 0 Å². The average molecular weight is 208 g/mol. The molecule has 2 rings (SSSR count). The lowest BCUT2D eigenvalue weighted by Crippen LogP contribution is -2.48. The zero-order valence-electron chi connectivity index (χ0n) is 8.98. The highest BCUT2D eigenvalue weighted by atomic mass is 16.3. The van der Waals surface area contributed by atoms with Crippen molar-refractivity contribution >= 4 is 5.91 Å². The number of amides is 1. The van der Waals surface area contributed by atoms with Gasteiger partial charge in [0.05, 0.1) is 11.8 Å². The molecule has 0 N–H and O–H groups in total. The first-order chi connectivity index (χ1) is 7.31. The van der Waals surface area contributed by atoms with Crippen molar-refractivity contribution in [1.29, 1.82) is 0 Å². The maximum atomic E-state index is 11.9. The fraction of sp³-hybridized carbons (Fsp3) is 0.545. The van der Waals surface area contributed by atoms with Gasteiger partial charge in [0.1, 0.15) is 6.26 Å². The minimum Gasteiger partial charge on any atom is -0.472 e.